The van der Waals surface area contributed by atoms with E-state index in [2.05, 4.69) is 37.5 Å². The largest absolute Gasteiger partial charge is 0.302 e. The SMILES string of the molecule is CC(C)CN1CC(C)(CCC(C)CN2CC3(CCCCC3)C2)C1. The second-order valence-electron chi connectivity index (χ2n) is 10.2. The van der Waals surface area contributed by atoms with Crippen molar-refractivity contribution in [3.8, 4) is 0 Å². The van der Waals surface area contributed by atoms with E-state index in [-0.39, 0.29) is 0 Å². The van der Waals surface area contributed by atoms with Crippen molar-refractivity contribution in [2.75, 3.05) is 39.3 Å². The molecule has 0 aromatic carbocycles. The van der Waals surface area contributed by atoms with Gasteiger partial charge in [-0.3, -0.25) is 0 Å². The van der Waals surface area contributed by atoms with Crippen LogP contribution < -0.4 is 0 Å². The molecule has 0 amide bonds. The van der Waals surface area contributed by atoms with E-state index in [9.17, 15) is 0 Å². The van der Waals surface area contributed by atoms with Gasteiger partial charge in [0, 0.05) is 39.3 Å². The van der Waals surface area contributed by atoms with Crippen LogP contribution in [0.15, 0.2) is 0 Å². The Balaban J connectivity index is 1.30. The Bertz CT molecular complexity index is 369. The monoisotopic (exact) mass is 320 g/mol. The van der Waals surface area contributed by atoms with Crippen molar-refractivity contribution in [3.63, 3.8) is 0 Å². The number of rotatable bonds is 7. The third-order valence-corrected chi connectivity index (χ3v) is 6.68. The van der Waals surface area contributed by atoms with Gasteiger partial charge >= 0.3 is 0 Å². The maximum atomic E-state index is 2.75. The third-order valence-electron chi connectivity index (χ3n) is 6.68. The Morgan fingerprint density at radius 2 is 1.43 bits per heavy atom. The Kier molecular flexibility index (Phi) is 5.43. The molecule has 0 radical (unpaired) electrons. The number of hydrogen-bond donors (Lipinski definition) is 0. The molecule has 1 spiro atoms. The molecule has 2 heteroatoms. The molecular weight excluding hydrogens is 280 g/mol. The number of hydrogen-bond acceptors (Lipinski definition) is 2. The fourth-order valence-electron chi connectivity index (χ4n) is 5.61. The van der Waals surface area contributed by atoms with Gasteiger partial charge < -0.3 is 9.80 Å². The lowest BCUT2D eigenvalue weighted by Gasteiger charge is -2.53. The van der Waals surface area contributed by atoms with Crippen LogP contribution in [0.4, 0.5) is 0 Å². The second-order valence-corrected chi connectivity index (χ2v) is 10.2. The zero-order valence-electron chi connectivity index (χ0n) is 16.2. The highest BCUT2D eigenvalue weighted by Gasteiger charge is 2.43. The van der Waals surface area contributed by atoms with E-state index in [0.29, 0.717) is 5.41 Å². The average molecular weight is 321 g/mol. The highest BCUT2D eigenvalue weighted by atomic mass is 15.2. The molecule has 0 N–H and O–H groups in total. The Hall–Kier alpha value is -0.0800. The first-order valence-corrected chi connectivity index (χ1v) is 10.3. The van der Waals surface area contributed by atoms with Crippen LogP contribution in [0.2, 0.25) is 0 Å². The molecule has 134 valence electrons. The zero-order chi connectivity index (χ0) is 16.5. The van der Waals surface area contributed by atoms with Crippen molar-refractivity contribution in [2.24, 2.45) is 22.7 Å². The van der Waals surface area contributed by atoms with Gasteiger partial charge in [0.05, 0.1) is 0 Å². The van der Waals surface area contributed by atoms with E-state index in [1.807, 2.05) is 0 Å². The lowest BCUT2D eigenvalue weighted by molar-refractivity contribution is -0.0397. The summed E-state index contributed by atoms with van der Waals surface area (Å²) in [5.41, 5.74) is 1.37. The van der Waals surface area contributed by atoms with E-state index >= 15 is 0 Å². The number of nitrogens with zero attached hydrogens (tertiary/aromatic N) is 2. The maximum Gasteiger partial charge on any atom is 0.00506 e. The molecule has 1 unspecified atom stereocenters. The van der Waals surface area contributed by atoms with Gasteiger partial charge in [-0.1, -0.05) is 47.0 Å². The Morgan fingerprint density at radius 1 is 0.826 bits per heavy atom. The molecule has 1 saturated carbocycles. The van der Waals surface area contributed by atoms with E-state index in [1.54, 1.807) is 0 Å². The van der Waals surface area contributed by atoms with E-state index < -0.39 is 0 Å². The van der Waals surface area contributed by atoms with Crippen molar-refractivity contribution in [2.45, 2.75) is 72.6 Å². The highest BCUT2D eigenvalue weighted by molar-refractivity contribution is 4.97. The van der Waals surface area contributed by atoms with Gasteiger partial charge in [-0.25, -0.2) is 0 Å². The van der Waals surface area contributed by atoms with Crippen LogP contribution in [-0.4, -0.2) is 49.1 Å². The van der Waals surface area contributed by atoms with E-state index in [1.165, 1.54) is 84.2 Å². The number of likely N-dealkylation sites (tertiary alicyclic amines) is 2. The first kappa shape index (κ1) is 17.7. The smallest absolute Gasteiger partial charge is 0.00506 e. The van der Waals surface area contributed by atoms with Gasteiger partial charge in [-0.2, -0.15) is 0 Å². The summed E-state index contributed by atoms with van der Waals surface area (Å²) in [7, 11) is 0. The van der Waals surface area contributed by atoms with E-state index in [0.717, 1.165) is 17.3 Å². The van der Waals surface area contributed by atoms with Crippen LogP contribution in [0.3, 0.4) is 0 Å². The predicted molar refractivity (Wildman–Crippen MR) is 99.7 cm³/mol. The van der Waals surface area contributed by atoms with Gasteiger partial charge in [0.25, 0.3) is 0 Å². The maximum absolute atomic E-state index is 2.75. The minimum Gasteiger partial charge on any atom is -0.302 e. The van der Waals surface area contributed by atoms with Gasteiger partial charge in [-0.05, 0) is 48.3 Å². The first-order chi connectivity index (χ1) is 10.9. The highest BCUT2D eigenvalue weighted by Crippen LogP contribution is 2.44. The minimum atomic E-state index is 0.614. The van der Waals surface area contributed by atoms with Crippen LogP contribution in [-0.2, 0) is 0 Å². The van der Waals surface area contributed by atoms with Crippen LogP contribution >= 0.6 is 0 Å². The molecule has 0 aromatic heterocycles. The van der Waals surface area contributed by atoms with Crippen molar-refractivity contribution in [1.29, 1.82) is 0 Å². The van der Waals surface area contributed by atoms with Crippen LogP contribution in [0, 0.1) is 22.7 Å². The summed E-state index contributed by atoms with van der Waals surface area (Å²) in [6.45, 7) is 17.8. The minimum absolute atomic E-state index is 0.614. The normalized spacial score (nSPS) is 28.6. The van der Waals surface area contributed by atoms with Gasteiger partial charge in [0.1, 0.15) is 0 Å². The van der Waals surface area contributed by atoms with Crippen LogP contribution in [0.5, 0.6) is 0 Å². The van der Waals surface area contributed by atoms with Crippen molar-refractivity contribution in [3.05, 3.63) is 0 Å². The third kappa shape index (κ3) is 4.51. The molecule has 2 saturated heterocycles. The summed E-state index contributed by atoms with van der Waals surface area (Å²) in [6.07, 6.45) is 10.4. The average Bonchev–Trinajstić information content (AvgIpc) is 2.42. The fraction of sp³-hybridized carbons (Fsp3) is 1.00. The van der Waals surface area contributed by atoms with Crippen LogP contribution in [0.25, 0.3) is 0 Å². The summed E-state index contributed by atoms with van der Waals surface area (Å²) in [4.78, 5) is 5.40. The molecule has 2 aliphatic heterocycles. The first-order valence-electron chi connectivity index (χ1n) is 10.3. The second kappa shape index (κ2) is 7.04. The predicted octanol–water partition coefficient (Wildman–Crippen LogP) is 4.65. The molecular formula is C21H40N2. The molecule has 3 rings (SSSR count). The van der Waals surface area contributed by atoms with Crippen molar-refractivity contribution < 1.29 is 0 Å². The molecule has 23 heavy (non-hydrogen) atoms. The van der Waals surface area contributed by atoms with Crippen LogP contribution in [0.1, 0.15) is 72.6 Å². The lowest BCUT2D eigenvalue weighted by Crippen LogP contribution is -2.58. The molecule has 3 aliphatic rings. The summed E-state index contributed by atoms with van der Waals surface area (Å²) >= 11 is 0. The Morgan fingerprint density at radius 3 is 2.04 bits per heavy atom. The Labute approximate surface area is 145 Å². The van der Waals surface area contributed by atoms with E-state index in [4.69, 9.17) is 0 Å². The van der Waals surface area contributed by atoms with Crippen molar-refractivity contribution in [1.82, 2.24) is 9.80 Å². The molecule has 1 aliphatic carbocycles. The molecule has 2 heterocycles. The van der Waals surface area contributed by atoms with Crippen molar-refractivity contribution >= 4 is 0 Å². The molecule has 2 nitrogen and oxygen atoms in total. The zero-order valence-corrected chi connectivity index (χ0v) is 16.2. The topological polar surface area (TPSA) is 6.48 Å². The summed E-state index contributed by atoms with van der Waals surface area (Å²) in [6, 6.07) is 0. The van der Waals surface area contributed by atoms with Gasteiger partial charge in [0.2, 0.25) is 0 Å². The summed E-state index contributed by atoms with van der Waals surface area (Å²) in [5.74, 6) is 1.70. The fourth-order valence-corrected chi connectivity index (χ4v) is 5.61. The molecule has 0 aromatic rings. The molecule has 1 atom stereocenters. The molecule has 0 bridgehead atoms. The molecule has 3 fully saturated rings. The summed E-state index contributed by atoms with van der Waals surface area (Å²) in [5, 5.41) is 0. The summed E-state index contributed by atoms with van der Waals surface area (Å²) < 4.78 is 0. The quantitative estimate of drug-likeness (QED) is 0.674. The van der Waals surface area contributed by atoms with Gasteiger partial charge in [0.15, 0.2) is 0 Å². The lowest BCUT2D eigenvalue weighted by atomic mass is 9.68. The van der Waals surface area contributed by atoms with Gasteiger partial charge in [-0.15, -0.1) is 0 Å². The standard InChI is InChI=1S/C21H40N2/c1-18(2)12-22-14-20(4,15-22)11-8-19(3)13-23-16-21(17-23)9-6-5-7-10-21/h18-19H,5-17H2,1-4H3.